The second-order valence-corrected chi connectivity index (χ2v) is 5.29. The Bertz CT molecular complexity index is 389. The molecule has 1 aliphatic rings. The van der Waals surface area contributed by atoms with Crippen molar-refractivity contribution in [2.75, 3.05) is 23.7 Å². The summed E-state index contributed by atoms with van der Waals surface area (Å²) in [6.07, 6.45) is 8.19. The molecule has 1 aromatic heterocycles. The first-order valence-electron chi connectivity index (χ1n) is 7.25. The molecule has 0 saturated heterocycles. The third-order valence-electron chi connectivity index (χ3n) is 3.62. The lowest BCUT2D eigenvalue weighted by molar-refractivity contribution is 0.0380. The van der Waals surface area contributed by atoms with E-state index in [1.807, 2.05) is 13.0 Å². The van der Waals surface area contributed by atoms with Crippen molar-refractivity contribution in [2.45, 2.75) is 51.0 Å². The fourth-order valence-electron chi connectivity index (χ4n) is 2.52. The largest absolute Gasteiger partial charge is 0.388 e. The quantitative estimate of drug-likeness (QED) is 0.712. The van der Waals surface area contributed by atoms with E-state index in [-0.39, 0.29) is 0 Å². The fourth-order valence-corrected chi connectivity index (χ4v) is 2.52. The molecule has 0 spiro atoms. The van der Waals surface area contributed by atoms with Crippen LogP contribution in [0, 0.1) is 0 Å². The highest BCUT2D eigenvalue weighted by Crippen LogP contribution is 2.27. The Labute approximate surface area is 114 Å². The molecule has 0 radical (unpaired) electrons. The molecule has 2 rings (SSSR count). The highest BCUT2D eigenvalue weighted by molar-refractivity contribution is 5.39. The highest BCUT2D eigenvalue weighted by atomic mass is 16.3. The zero-order valence-corrected chi connectivity index (χ0v) is 11.7. The van der Waals surface area contributed by atoms with Gasteiger partial charge < -0.3 is 15.7 Å². The molecule has 0 unspecified atom stereocenters. The van der Waals surface area contributed by atoms with Gasteiger partial charge in [0.15, 0.2) is 0 Å². The first-order chi connectivity index (χ1) is 9.22. The minimum atomic E-state index is -0.584. The summed E-state index contributed by atoms with van der Waals surface area (Å²) in [6, 6.07) is 1.83. The van der Waals surface area contributed by atoms with Crippen LogP contribution in [0.5, 0.6) is 0 Å². The molecule has 1 heterocycles. The maximum atomic E-state index is 10.6. The molecule has 1 saturated carbocycles. The smallest absolute Gasteiger partial charge is 0.224 e. The molecule has 1 fully saturated rings. The molecule has 3 N–H and O–H groups in total. The lowest BCUT2D eigenvalue weighted by Crippen LogP contribution is -2.36. The van der Waals surface area contributed by atoms with Crippen LogP contribution in [0.15, 0.2) is 12.3 Å². The van der Waals surface area contributed by atoms with Gasteiger partial charge in [-0.3, -0.25) is 0 Å². The first-order valence-corrected chi connectivity index (χ1v) is 7.25. The summed E-state index contributed by atoms with van der Waals surface area (Å²) in [7, 11) is 0. The van der Waals surface area contributed by atoms with Crippen LogP contribution in [0.2, 0.25) is 0 Å². The SMILES string of the molecule is CCNc1nccc(NCC2(O)CCCCCC2)n1. The van der Waals surface area contributed by atoms with Crippen LogP contribution in [0.25, 0.3) is 0 Å². The summed E-state index contributed by atoms with van der Waals surface area (Å²) in [5.74, 6) is 1.39. The van der Waals surface area contributed by atoms with E-state index in [9.17, 15) is 5.11 Å². The maximum absolute atomic E-state index is 10.6. The van der Waals surface area contributed by atoms with Gasteiger partial charge in [-0.2, -0.15) is 4.98 Å². The monoisotopic (exact) mass is 264 g/mol. The summed E-state index contributed by atoms with van der Waals surface area (Å²) in [5.41, 5.74) is -0.584. The van der Waals surface area contributed by atoms with Crippen molar-refractivity contribution in [3.63, 3.8) is 0 Å². The van der Waals surface area contributed by atoms with Gasteiger partial charge in [-0.25, -0.2) is 4.98 Å². The van der Waals surface area contributed by atoms with Gasteiger partial charge in [0.2, 0.25) is 5.95 Å². The molecule has 5 heteroatoms. The minimum Gasteiger partial charge on any atom is -0.388 e. The van der Waals surface area contributed by atoms with Gasteiger partial charge in [0, 0.05) is 19.3 Å². The normalized spacial score (nSPS) is 18.6. The van der Waals surface area contributed by atoms with Gasteiger partial charge in [0.25, 0.3) is 0 Å². The number of anilines is 2. The topological polar surface area (TPSA) is 70.1 Å². The van der Waals surface area contributed by atoms with E-state index in [0.717, 1.165) is 38.0 Å². The number of rotatable bonds is 5. The van der Waals surface area contributed by atoms with Crippen LogP contribution in [0.4, 0.5) is 11.8 Å². The van der Waals surface area contributed by atoms with Crippen molar-refractivity contribution in [1.82, 2.24) is 9.97 Å². The Kier molecular flexibility index (Phi) is 4.96. The molecule has 1 aliphatic carbocycles. The Morgan fingerprint density at radius 3 is 2.63 bits per heavy atom. The third-order valence-corrected chi connectivity index (χ3v) is 3.62. The predicted molar refractivity (Wildman–Crippen MR) is 77.3 cm³/mol. The van der Waals surface area contributed by atoms with Crippen LogP contribution < -0.4 is 10.6 Å². The molecule has 0 amide bonds. The molecule has 0 atom stereocenters. The van der Waals surface area contributed by atoms with Crippen molar-refractivity contribution in [3.8, 4) is 0 Å². The molecular formula is C14H24N4O. The summed E-state index contributed by atoms with van der Waals surface area (Å²) in [5, 5.41) is 16.9. The average molecular weight is 264 g/mol. The van der Waals surface area contributed by atoms with Crippen molar-refractivity contribution in [3.05, 3.63) is 12.3 Å². The van der Waals surface area contributed by atoms with Crippen molar-refractivity contribution in [2.24, 2.45) is 0 Å². The Morgan fingerprint density at radius 1 is 1.21 bits per heavy atom. The molecule has 1 aromatic rings. The lowest BCUT2D eigenvalue weighted by Gasteiger charge is -2.27. The van der Waals surface area contributed by atoms with E-state index < -0.39 is 5.60 Å². The minimum absolute atomic E-state index is 0.565. The van der Waals surface area contributed by atoms with Crippen LogP contribution in [-0.2, 0) is 0 Å². The van der Waals surface area contributed by atoms with Gasteiger partial charge in [-0.1, -0.05) is 25.7 Å². The Balaban J connectivity index is 1.91. The third kappa shape index (κ3) is 4.35. The zero-order chi connectivity index (χ0) is 13.6. The summed E-state index contributed by atoms with van der Waals surface area (Å²) < 4.78 is 0. The van der Waals surface area contributed by atoms with E-state index in [4.69, 9.17) is 0 Å². The van der Waals surface area contributed by atoms with Crippen LogP contribution in [0.3, 0.4) is 0 Å². The van der Waals surface area contributed by atoms with Crippen molar-refractivity contribution >= 4 is 11.8 Å². The molecule has 5 nitrogen and oxygen atoms in total. The Morgan fingerprint density at radius 2 is 1.95 bits per heavy atom. The lowest BCUT2D eigenvalue weighted by atomic mass is 9.94. The van der Waals surface area contributed by atoms with Crippen molar-refractivity contribution in [1.29, 1.82) is 0 Å². The number of aromatic nitrogens is 2. The van der Waals surface area contributed by atoms with E-state index in [2.05, 4.69) is 20.6 Å². The number of aliphatic hydroxyl groups is 1. The number of hydrogen-bond donors (Lipinski definition) is 3. The average Bonchev–Trinajstić information content (AvgIpc) is 2.63. The van der Waals surface area contributed by atoms with Crippen molar-refractivity contribution < 1.29 is 5.11 Å². The molecule has 0 aromatic carbocycles. The van der Waals surface area contributed by atoms with Gasteiger partial charge in [0.05, 0.1) is 5.60 Å². The van der Waals surface area contributed by atoms with Gasteiger partial charge in [0.1, 0.15) is 5.82 Å². The maximum Gasteiger partial charge on any atom is 0.224 e. The molecule has 0 aliphatic heterocycles. The second kappa shape index (κ2) is 6.70. The van der Waals surface area contributed by atoms with Crippen LogP contribution in [0.1, 0.15) is 45.4 Å². The second-order valence-electron chi connectivity index (χ2n) is 5.29. The number of nitrogens with zero attached hydrogens (tertiary/aromatic N) is 2. The summed E-state index contributed by atoms with van der Waals surface area (Å²) >= 11 is 0. The van der Waals surface area contributed by atoms with E-state index in [1.54, 1.807) is 6.20 Å². The molecule has 106 valence electrons. The first kappa shape index (κ1) is 14.1. The molecular weight excluding hydrogens is 240 g/mol. The van der Waals surface area contributed by atoms with Gasteiger partial charge >= 0.3 is 0 Å². The van der Waals surface area contributed by atoms with Crippen LogP contribution in [-0.4, -0.2) is 33.8 Å². The highest BCUT2D eigenvalue weighted by Gasteiger charge is 2.27. The zero-order valence-electron chi connectivity index (χ0n) is 11.7. The predicted octanol–water partition coefficient (Wildman–Crippen LogP) is 2.41. The van der Waals surface area contributed by atoms with E-state index >= 15 is 0 Å². The number of hydrogen-bond acceptors (Lipinski definition) is 5. The van der Waals surface area contributed by atoms with E-state index in [0.29, 0.717) is 12.5 Å². The number of nitrogens with one attached hydrogen (secondary N) is 2. The van der Waals surface area contributed by atoms with Gasteiger partial charge in [-0.15, -0.1) is 0 Å². The van der Waals surface area contributed by atoms with E-state index in [1.165, 1.54) is 12.8 Å². The fraction of sp³-hybridized carbons (Fsp3) is 0.714. The van der Waals surface area contributed by atoms with Crippen LogP contribution >= 0.6 is 0 Å². The van der Waals surface area contributed by atoms with Gasteiger partial charge in [-0.05, 0) is 25.8 Å². The Hall–Kier alpha value is -1.36. The standard InChI is InChI=1S/C14H24N4O/c1-2-15-13-16-10-7-12(18-13)17-11-14(19)8-5-3-4-6-9-14/h7,10,19H,2-6,8-9,11H2,1H3,(H2,15,16,17,18). The molecule has 0 bridgehead atoms. The molecule has 19 heavy (non-hydrogen) atoms. The summed E-state index contributed by atoms with van der Waals surface area (Å²) in [6.45, 7) is 3.38. The summed E-state index contributed by atoms with van der Waals surface area (Å²) in [4.78, 5) is 8.49.